The molecule has 0 saturated carbocycles. The van der Waals surface area contributed by atoms with E-state index >= 15 is 0 Å². The molecule has 62 valence electrons. The standard InChI is InChI=1S/C7H7NO2.ClH.H2/c9-7(10)5-6-1-3-8-4-2-6;;/h1-4H,5H2,(H,9,10);2*1H. The molecule has 0 fully saturated rings. The van der Waals surface area contributed by atoms with E-state index in [4.69, 9.17) is 5.11 Å². The summed E-state index contributed by atoms with van der Waals surface area (Å²) in [5.41, 5.74) is 0.780. The van der Waals surface area contributed by atoms with Gasteiger partial charge < -0.3 is 5.11 Å². The van der Waals surface area contributed by atoms with E-state index < -0.39 is 5.97 Å². The Morgan fingerprint density at radius 3 is 2.55 bits per heavy atom. The minimum Gasteiger partial charge on any atom is -0.481 e. The van der Waals surface area contributed by atoms with Crippen LogP contribution >= 0.6 is 12.4 Å². The normalized spacial score (nSPS) is 8.36. The molecule has 1 aromatic rings. The van der Waals surface area contributed by atoms with Crippen molar-refractivity contribution in [3.05, 3.63) is 30.1 Å². The molecule has 0 spiro atoms. The number of halogens is 1. The highest BCUT2D eigenvalue weighted by Gasteiger charge is 1.96. The third kappa shape index (κ3) is 3.57. The van der Waals surface area contributed by atoms with Gasteiger partial charge in [-0.25, -0.2) is 0 Å². The summed E-state index contributed by atoms with van der Waals surface area (Å²) in [7, 11) is 0. The molecule has 0 aliphatic heterocycles. The third-order valence-corrected chi connectivity index (χ3v) is 1.10. The van der Waals surface area contributed by atoms with E-state index in [1.54, 1.807) is 24.5 Å². The van der Waals surface area contributed by atoms with Crippen LogP contribution < -0.4 is 0 Å². The highest BCUT2D eigenvalue weighted by molar-refractivity contribution is 5.85. The summed E-state index contributed by atoms with van der Waals surface area (Å²) in [4.78, 5) is 13.9. The van der Waals surface area contributed by atoms with Gasteiger partial charge in [-0.3, -0.25) is 9.78 Å². The minimum atomic E-state index is -0.814. The topological polar surface area (TPSA) is 50.2 Å². The van der Waals surface area contributed by atoms with Crippen molar-refractivity contribution in [3.63, 3.8) is 0 Å². The Morgan fingerprint density at radius 2 is 2.09 bits per heavy atom. The monoisotopic (exact) mass is 175 g/mol. The van der Waals surface area contributed by atoms with E-state index in [0.29, 0.717) is 0 Å². The summed E-state index contributed by atoms with van der Waals surface area (Å²) in [6.07, 6.45) is 3.24. The highest BCUT2D eigenvalue weighted by atomic mass is 35.5. The highest BCUT2D eigenvalue weighted by Crippen LogP contribution is 1.96. The number of carbonyl (C=O) groups is 1. The van der Waals surface area contributed by atoms with Gasteiger partial charge in [-0.05, 0) is 17.7 Å². The summed E-state index contributed by atoms with van der Waals surface area (Å²) in [6, 6.07) is 3.38. The predicted octanol–water partition coefficient (Wildman–Crippen LogP) is 1.38. The molecule has 0 aliphatic rings. The molecule has 1 aromatic heterocycles. The first-order valence-corrected chi connectivity index (χ1v) is 2.90. The Hall–Kier alpha value is -1.09. The first-order valence-electron chi connectivity index (χ1n) is 2.90. The third-order valence-electron chi connectivity index (χ3n) is 1.10. The number of carboxylic acids is 1. The number of hydrogen-bond acceptors (Lipinski definition) is 2. The van der Waals surface area contributed by atoms with Crippen molar-refractivity contribution in [3.8, 4) is 0 Å². The molecular weight excluding hydrogens is 166 g/mol. The Morgan fingerprint density at radius 1 is 1.55 bits per heavy atom. The van der Waals surface area contributed by atoms with Crippen molar-refractivity contribution >= 4 is 18.4 Å². The number of carboxylic acid groups (broad SMARTS) is 1. The van der Waals surface area contributed by atoms with Crippen LogP contribution in [0.3, 0.4) is 0 Å². The van der Waals surface area contributed by atoms with Crippen molar-refractivity contribution < 1.29 is 11.3 Å². The average molecular weight is 176 g/mol. The van der Waals surface area contributed by atoms with Crippen molar-refractivity contribution in [2.24, 2.45) is 0 Å². The summed E-state index contributed by atoms with van der Waals surface area (Å²) in [5, 5.41) is 8.35. The fourth-order valence-corrected chi connectivity index (χ4v) is 0.675. The lowest BCUT2D eigenvalue weighted by atomic mass is 10.2. The number of aliphatic carboxylic acids is 1. The van der Waals surface area contributed by atoms with E-state index in [2.05, 4.69) is 4.98 Å². The zero-order valence-electron chi connectivity index (χ0n) is 5.73. The zero-order chi connectivity index (χ0) is 7.40. The molecule has 0 aromatic carbocycles. The molecule has 3 nitrogen and oxygen atoms in total. The van der Waals surface area contributed by atoms with Crippen LogP contribution in [-0.4, -0.2) is 16.1 Å². The van der Waals surface area contributed by atoms with Gasteiger partial charge in [0.2, 0.25) is 0 Å². The SMILES string of the molecule is Cl.O=C(O)Cc1ccncc1.[HH]. The lowest BCUT2D eigenvalue weighted by Gasteiger charge is -1.92. The van der Waals surface area contributed by atoms with Crippen molar-refractivity contribution in [1.29, 1.82) is 0 Å². The first-order chi connectivity index (χ1) is 4.79. The second-order valence-electron chi connectivity index (χ2n) is 1.93. The zero-order valence-corrected chi connectivity index (χ0v) is 6.54. The number of hydrogen-bond donors (Lipinski definition) is 1. The maximum atomic E-state index is 10.1. The lowest BCUT2D eigenvalue weighted by Crippen LogP contribution is -1.99. The molecule has 0 radical (unpaired) electrons. The van der Waals surface area contributed by atoms with Gasteiger partial charge in [0.25, 0.3) is 0 Å². The molecule has 0 unspecified atom stereocenters. The number of aromatic nitrogens is 1. The number of pyridine rings is 1. The van der Waals surface area contributed by atoms with E-state index in [0.717, 1.165) is 5.56 Å². The average Bonchev–Trinajstić information content (AvgIpc) is 1.88. The van der Waals surface area contributed by atoms with Crippen LogP contribution in [0, 0.1) is 0 Å². The molecule has 11 heavy (non-hydrogen) atoms. The van der Waals surface area contributed by atoms with Gasteiger partial charge in [-0.15, -0.1) is 12.4 Å². The van der Waals surface area contributed by atoms with Crippen LogP contribution in [0.5, 0.6) is 0 Å². The maximum absolute atomic E-state index is 10.1. The summed E-state index contributed by atoms with van der Waals surface area (Å²) >= 11 is 0. The van der Waals surface area contributed by atoms with Gasteiger partial charge in [0.1, 0.15) is 0 Å². The molecule has 4 heteroatoms. The van der Waals surface area contributed by atoms with Crippen molar-refractivity contribution in [2.45, 2.75) is 6.42 Å². The van der Waals surface area contributed by atoms with Gasteiger partial charge in [0.05, 0.1) is 6.42 Å². The second kappa shape index (κ2) is 4.68. The number of rotatable bonds is 2. The molecule has 0 atom stereocenters. The summed E-state index contributed by atoms with van der Waals surface area (Å²) in [5.74, 6) is -0.814. The second-order valence-corrected chi connectivity index (χ2v) is 1.93. The quantitative estimate of drug-likeness (QED) is 0.739. The van der Waals surface area contributed by atoms with E-state index in [1.165, 1.54) is 0 Å². The first kappa shape index (κ1) is 9.91. The molecule has 0 aliphatic carbocycles. The van der Waals surface area contributed by atoms with Gasteiger partial charge >= 0.3 is 5.97 Å². The smallest absolute Gasteiger partial charge is 0.307 e. The maximum Gasteiger partial charge on any atom is 0.307 e. The van der Waals surface area contributed by atoms with Crippen LogP contribution in [0.4, 0.5) is 0 Å². The van der Waals surface area contributed by atoms with Gasteiger partial charge in [-0.2, -0.15) is 0 Å². The van der Waals surface area contributed by atoms with Crippen molar-refractivity contribution in [2.75, 3.05) is 0 Å². The Labute approximate surface area is 72.0 Å². The van der Waals surface area contributed by atoms with Crippen LogP contribution in [-0.2, 0) is 11.2 Å². The molecule has 1 heterocycles. The lowest BCUT2D eigenvalue weighted by molar-refractivity contribution is -0.136. The number of nitrogens with zero attached hydrogens (tertiary/aromatic N) is 1. The Bertz CT molecular complexity index is 230. The van der Waals surface area contributed by atoms with Gasteiger partial charge in [0, 0.05) is 13.8 Å². The van der Waals surface area contributed by atoms with E-state index in [-0.39, 0.29) is 20.3 Å². The molecule has 0 saturated heterocycles. The molecule has 1 N–H and O–H groups in total. The van der Waals surface area contributed by atoms with Gasteiger partial charge in [0.15, 0.2) is 0 Å². The van der Waals surface area contributed by atoms with Crippen LogP contribution in [0.1, 0.15) is 6.99 Å². The molecule has 1 rings (SSSR count). The van der Waals surface area contributed by atoms with E-state index in [1.807, 2.05) is 0 Å². The van der Waals surface area contributed by atoms with E-state index in [9.17, 15) is 4.79 Å². The minimum absolute atomic E-state index is 0. The van der Waals surface area contributed by atoms with Gasteiger partial charge in [-0.1, -0.05) is 0 Å². The Kier molecular flexibility index (Phi) is 4.22. The molecular formula is C7H10ClNO2. The predicted molar refractivity (Wildman–Crippen MR) is 44.9 cm³/mol. The van der Waals surface area contributed by atoms with Crippen LogP contribution in [0.15, 0.2) is 24.5 Å². The fraction of sp³-hybridized carbons (Fsp3) is 0.143. The van der Waals surface area contributed by atoms with Crippen LogP contribution in [0.25, 0.3) is 0 Å². The largest absolute Gasteiger partial charge is 0.481 e. The Balaban J connectivity index is 0. The van der Waals surface area contributed by atoms with Crippen molar-refractivity contribution in [1.82, 2.24) is 4.98 Å². The molecule has 0 amide bonds. The van der Waals surface area contributed by atoms with Crippen LogP contribution in [0.2, 0.25) is 0 Å². The fourth-order valence-electron chi connectivity index (χ4n) is 0.675. The molecule has 0 bridgehead atoms. The summed E-state index contributed by atoms with van der Waals surface area (Å²) < 4.78 is 0. The summed E-state index contributed by atoms with van der Waals surface area (Å²) in [6.45, 7) is 0.